The van der Waals surface area contributed by atoms with E-state index in [0.717, 1.165) is 33.6 Å². The lowest BCUT2D eigenvalue weighted by Gasteiger charge is -2.12. The van der Waals surface area contributed by atoms with Gasteiger partial charge in [0, 0.05) is 11.4 Å². The van der Waals surface area contributed by atoms with E-state index in [9.17, 15) is 9.59 Å². The summed E-state index contributed by atoms with van der Waals surface area (Å²) in [6, 6.07) is 11.6. The van der Waals surface area contributed by atoms with Crippen LogP contribution in [0.25, 0.3) is 0 Å². The predicted octanol–water partition coefficient (Wildman–Crippen LogP) is 3.71. The summed E-state index contributed by atoms with van der Waals surface area (Å²) in [6.45, 7) is 9.53. The first kappa shape index (κ1) is 20.3. The standard InChI is InChI=1S/C22H25N5O2/c1-13-8-7-11-18(16(13)4)23-22(29)21-17(5)27(26-25-21)12-19(28)24-20-14(2)9-6-10-15(20)3/h6-11H,12H2,1-5H3,(H,23,29)(H,24,28). The van der Waals surface area contributed by atoms with Crippen molar-refractivity contribution in [3.05, 3.63) is 70.0 Å². The first-order valence-electron chi connectivity index (χ1n) is 9.41. The van der Waals surface area contributed by atoms with Gasteiger partial charge in [0.2, 0.25) is 5.91 Å². The van der Waals surface area contributed by atoms with Crippen LogP contribution in [0.2, 0.25) is 0 Å². The lowest BCUT2D eigenvalue weighted by atomic mass is 10.1. The van der Waals surface area contributed by atoms with Crippen LogP contribution in [0.3, 0.4) is 0 Å². The highest BCUT2D eigenvalue weighted by molar-refractivity contribution is 6.04. The van der Waals surface area contributed by atoms with Crippen molar-refractivity contribution < 1.29 is 9.59 Å². The van der Waals surface area contributed by atoms with Gasteiger partial charge in [-0.3, -0.25) is 9.59 Å². The Kier molecular flexibility index (Phi) is 5.77. The van der Waals surface area contributed by atoms with E-state index in [-0.39, 0.29) is 24.1 Å². The minimum Gasteiger partial charge on any atom is -0.324 e. The molecule has 0 unspecified atom stereocenters. The van der Waals surface area contributed by atoms with Crippen LogP contribution >= 0.6 is 0 Å². The minimum absolute atomic E-state index is 0.0244. The van der Waals surface area contributed by atoms with Crippen LogP contribution in [0.1, 0.15) is 38.4 Å². The zero-order valence-electron chi connectivity index (χ0n) is 17.3. The van der Waals surface area contributed by atoms with Crippen LogP contribution in [0.5, 0.6) is 0 Å². The number of anilines is 2. The van der Waals surface area contributed by atoms with E-state index in [4.69, 9.17) is 0 Å². The van der Waals surface area contributed by atoms with Crippen molar-refractivity contribution in [3.8, 4) is 0 Å². The van der Waals surface area contributed by atoms with Crippen LogP contribution in [-0.2, 0) is 11.3 Å². The summed E-state index contributed by atoms with van der Waals surface area (Å²) in [4.78, 5) is 25.1. The molecule has 2 aromatic carbocycles. The lowest BCUT2D eigenvalue weighted by molar-refractivity contribution is -0.117. The molecule has 0 radical (unpaired) electrons. The molecular weight excluding hydrogens is 366 g/mol. The van der Waals surface area contributed by atoms with Crippen LogP contribution in [0.4, 0.5) is 11.4 Å². The molecule has 7 heteroatoms. The van der Waals surface area contributed by atoms with Gasteiger partial charge in [0.1, 0.15) is 6.54 Å². The Balaban J connectivity index is 1.72. The van der Waals surface area contributed by atoms with Gasteiger partial charge in [-0.1, -0.05) is 35.5 Å². The molecule has 150 valence electrons. The first-order chi connectivity index (χ1) is 13.8. The van der Waals surface area contributed by atoms with E-state index >= 15 is 0 Å². The van der Waals surface area contributed by atoms with E-state index in [2.05, 4.69) is 20.9 Å². The fourth-order valence-corrected chi connectivity index (χ4v) is 3.11. The van der Waals surface area contributed by atoms with E-state index in [1.54, 1.807) is 6.92 Å². The number of rotatable bonds is 5. The Labute approximate surface area is 170 Å². The van der Waals surface area contributed by atoms with Gasteiger partial charge in [-0.05, 0) is 62.9 Å². The number of para-hydroxylation sites is 1. The number of benzene rings is 2. The normalized spacial score (nSPS) is 10.7. The molecule has 29 heavy (non-hydrogen) atoms. The van der Waals surface area contributed by atoms with Crippen molar-refractivity contribution in [1.82, 2.24) is 15.0 Å². The molecule has 0 fully saturated rings. The number of amides is 2. The van der Waals surface area contributed by atoms with E-state index in [1.165, 1.54) is 4.68 Å². The number of hydrogen-bond acceptors (Lipinski definition) is 4. The maximum atomic E-state index is 12.7. The van der Waals surface area contributed by atoms with Gasteiger partial charge in [-0.25, -0.2) is 4.68 Å². The minimum atomic E-state index is -0.349. The average molecular weight is 391 g/mol. The lowest BCUT2D eigenvalue weighted by Crippen LogP contribution is -2.22. The number of hydrogen-bond donors (Lipinski definition) is 2. The van der Waals surface area contributed by atoms with Crippen molar-refractivity contribution in [3.63, 3.8) is 0 Å². The molecule has 0 bridgehead atoms. The van der Waals surface area contributed by atoms with Crippen molar-refractivity contribution >= 4 is 23.2 Å². The molecule has 0 aliphatic heterocycles. The van der Waals surface area contributed by atoms with E-state index < -0.39 is 0 Å². The summed E-state index contributed by atoms with van der Waals surface area (Å²) in [7, 11) is 0. The van der Waals surface area contributed by atoms with Crippen molar-refractivity contribution in [2.24, 2.45) is 0 Å². The topological polar surface area (TPSA) is 88.9 Å². The summed E-state index contributed by atoms with van der Waals surface area (Å²) in [5, 5.41) is 13.8. The Hall–Kier alpha value is -3.48. The van der Waals surface area contributed by atoms with Crippen LogP contribution in [0.15, 0.2) is 36.4 Å². The van der Waals surface area contributed by atoms with Gasteiger partial charge in [-0.15, -0.1) is 5.10 Å². The van der Waals surface area contributed by atoms with Gasteiger partial charge >= 0.3 is 0 Å². The van der Waals surface area contributed by atoms with Gasteiger partial charge in [-0.2, -0.15) is 0 Å². The number of aromatic nitrogens is 3. The average Bonchev–Trinajstić information content (AvgIpc) is 3.02. The largest absolute Gasteiger partial charge is 0.324 e. The van der Waals surface area contributed by atoms with E-state index in [0.29, 0.717) is 5.69 Å². The fraction of sp³-hybridized carbons (Fsp3) is 0.273. The molecule has 3 aromatic rings. The Morgan fingerprint density at radius 2 is 1.52 bits per heavy atom. The summed E-state index contributed by atoms with van der Waals surface area (Å²) in [5.41, 5.74) is 6.32. The Bertz CT molecular complexity index is 1060. The molecule has 0 aliphatic rings. The zero-order valence-corrected chi connectivity index (χ0v) is 17.3. The highest BCUT2D eigenvalue weighted by Crippen LogP contribution is 2.20. The van der Waals surface area contributed by atoms with Gasteiger partial charge in [0.05, 0.1) is 5.69 Å². The molecule has 1 aromatic heterocycles. The predicted molar refractivity (Wildman–Crippen MR) is 113 cm³/mol. The maximum Gasteiger partial charge on any atom is 0.278 e. The number of nitrogens with one attached hydrogen (secondary N) is 2. The van der Waals surface area contributed by atoms with Gasteiger partial charge in [0.15, 0.2) is 5.69 Å². The molecule has 2 N–H and O–H groups in total. The zero-order chi connectivity index (χ0) is 21.1. The molecule has 2 amide bonds. The molecule has 0 spiro atoms. The summed E-state index contributed by atoms with van der Waals surface area (Å²) < 4.78 is 1.43. The third-order valence-corrected chi connectivity index (χ3v) is 5.09. The monoisotopic (exact) mass is 391 g/mol. The number of carbonyl (C=O) groups is 2. The summed E-state index contributed by atoms with van der Waals surface area (Å²) >= 11 is 0. The highest BCUT2D eigenvalue weighted by Gasteiger charge is 2.19. The molecule has 0 saturated heterocycles. The summed E-state index contributed by atoms with van der Waals surface area (Å²) in [5.74, 6) is -0.575. The SMILES string of the molecule is Cc1cccc(NC(=O)c2nnn(CC(=O)Nc3c(C)cccc3C)c2C)c1C. The third kappa shape index (κ3) is 4.34. The molecule has 3 rings (SSSR count). The number of carbonyl (C=O) groups excluding carboxylic acids is 2. The Morgan fingerprint density at radius 1 is 0.897 bits per heavy atom. The van der Waals surface area contributed by atoms with Crippen LogP contribution in [0, 0.1) is 34.6 Å². The number of nitrogens with zero attached hydrogens (tertiary/aromatic N) is 3. The van der Waals surface area contributed by atoms with Crippen LogP contribution < -0.4 is 10.6 Å². The molecule has 0 atom stereocenters. The molecular formula is C22H25N5O2. The second-order valence-electron chi connectivity index (χ2n) is 7.20. The first-order valence-corrected chi connectivity index (χ1v) is 9.41. The van der Waals surface area contributed by atoms with Crippen molar-refractivity contribution in [2.75, 3.05) is 10.6 Å². The molecule has 0 aliphatic carbocycles. The van der Waals surface area contributed by atoms with Gasteiger partial charge < -0.3 is 10.6 Å². The number of aryl methyl sites for hydroxylation is 3. The third-order valence-electron chi connectivity index (χ3n) is 5.09. The second kappa shape index (κ2) is 8.26. The maximum absolute atomic E-state index is 12.7. The fourth-order valence-electron chi connectivity index (χ4n) is 3.11. The second-order valence-corrected chi connectivity index (χ2v) is 7.20. The Morgan fingerprint density at radius 3 is 2.21 bits per heavy atom. The molecule has 1 heterocycles. The van der Waals surface area contributed by atoms with Gasteiger partial charge in [0.25, 0.3) is 5.91 Å². The highest BCUT2D eigenvalue weighted by atomic mass is 16.2. The molecule has 0 saturated carbocycles. The van der Waals surface area contributed by atoms with E-state index in [1.807, 2.05) is 64.1 Å². The molecule has 7 nitrogen and oxygen atoms in total. The summed E-state index contributed by atoms with van der Waals surface area (Å²) in [6.07, 6.45) is 0. The van der Waals surface area contributed by atoms with Crippen molar-refractivity contribution in [2.45, 2.75) is 41.2 Å². The smallest absolute Gasteiger partial charge is 0.278 e. The quantitative estimate of drug-likeness (QED) is 0.694. The van der Waals surface area contributed by atoms with Crippen molar-refractivity contribution in [1.29, 1.82) is 0 Å². The van der Waals surface area contributed by atoms with Crippen LogP contribution in [-0.4, -0.2) is 26.8 Å².